The molecule has 0 saturated carbocycles. The Morgan fingerprint density at radius 3 is 1.39 bits per heavy atom. The van der Waals surface area contributed by atoms with E-state index in [9.17, 15) is 43.9 Å². The quantitative estimate of drug-likeness (QED) is 0.114. The maximum absolute atomic E-state index is 13.5. The predicted molar refractivity (Wildman–Crippen MR) is 175 cm³/mol. The maximum Gasteiger partial charge on any atom is 0.435 e. The summed E-state index contributed by atoms with van der Waals surface area (Å²) in [7, 11) is 2.51. The third kappa shape index (κ3) is 11.6. The highest BCUT2D eigenvalue weighted by atomic mass is 79.9. The first kappa shape index (κ1) is 42.9. The average molecular weight is 868 g/mol. The highest BCUT2D eigenvalue weighted by Crippen LogP contribution is 2.32. The van der Waals surface area contributed by atoms with Gasteiger partial charge in [0.25, 0.3) is 0 Å². The van der Waals surface area contributed by atoms with E-state index < -0.39 is 64.7 Å². The van der Waals surface area contributed by atoms with Crippen molar-refractivity contribution in [1.82, 2.24) is 39.5 Å². The molecule has 298 valence electrons. The predicted octanol–water partition coefficient (Wildman–Crippen LogP) is 7.87. The number of anilines is 1. The summed E-state index contributed by atoms with van der Waals surface area (Å²) < 4.78 is 140. The van der Waals surface area contributed by atoms with Crippen molar-refractivity contribution in [3.63, 3.8) is 0 Å². The van der Waals surface area contributed by atoms with Crippen LogP contribution in [0.25, 0.3) is 11.3 Å². The second-order valence-electron chi connectivity index (χ2n) is 10.8. The van der Waals surface area contributed by atoms with Gasteiger partial charge in [-0.2, -0.15) is 36.5 Å². The zero-order chi connectivity index (χ0) is 41.4. The van der Waals surface area contributed by atoms with Crippen molar-refractivity contribution in [3.8, 4) is 23.3 Å². The van der Waals surface area contributed by atoms with Gasteiger partial charge in [0.2, 0.25) is 0 Å². The fourth-order valence-corrected chi connectivity index (χ4v) is 4.38. The smallest absolute Gasteiger partial charge is 0.435 e. The van der Waals surface area contributed by atoms with Crippen LogP contribution in [0.4, 0.5) is 49.7 Å². The summed E-state index contributed by atoms with van der Waals surface area (Å²) in [6.45, 7) is -0.679. The topological polar surface area (TPSA) is 149 Å². The molecule has 0 saturated heterocycles. The minimum absolute atomic E-state index is 0.0656. The average Bonchev–Trinajstić information content (AvgIpc) is 3.73. The van der Waals surface area contributed by atoms with Crippen molar-refractivity contribution < 1.29 is 63.8 Å². The summed E-state index contributed by atoms with van der Waals surface area (Å²) >= 11 is 3.16. The molecule has 2 N–H and O–H groups in total. The molecule has 0 aliphatic carbocycles. The van der Waals surface area contributed by atoms with Crippen LogP contribution < -0.4 is 14.7 Å². The van der Waals surface area contributed by atoms with Gasteiger partial charge in [-0.15, -0.1) is 5.23 Å². The number of rotatable bonds is 8. The number of hydrogen-bond acceptors (Lipinski definition) is 11. The van der Waals surface area contributed by atoms with E-state index in [0.29, 0.717) is 15.2 Å². The number of aromatic nitrogens is 8. The highest BCUT2D eigenvalue weighted by molar-refractivity contribution is 9.10. The monoisotopic (exact) mass is 867 g/mol. The second kappa shape index (κ2) is 18.2. The van der Waals surface area contributed by atoms with Crippen LogP contribution in [0.5, 0.6) is 12.0 Å². The number of benzene rings is 2. The van der Waals surface area contributed by atoms with Gasteiger partial charge in [0.05, 0.1) is 21.3 Å². The number of aryl methyl sites for hydroxylation is 2. The van der Waals surface area contributed by atoms with E-state index in [0.717, 1.165) is 29.9 Å². The van der Waals surface area contributed by atoms with Gasteiger partial charge in [-0.25, -0.2) is 42.2 Å². The number of hydrogen-bond donors (Lipinski definition) is 2. The Morgan fingerprint density at radius 2 is 1.04 bits per heavy atom. The Bertz CT molecular complexity index is 2180. The van der Waals surface area contributed by atoms with Crippen LogP contribution in [0.2, 0.25) is 0 Å². The van der Waals surface area contributed by atoms with E-state index in [1.165, 1.54) is 56.1 Å². The van der Waals surface area contributed by atoms with Crippen LogP contribution in [-0.2, 0) is 39.7 Å². The summed E-state index contributed by atoms with van der Waals surface area (Å²) in [6.07, 6.45) is -3.72. The summed E-state index contributed by atoms with van der Waals surface area (Å²) in [5.41, 5.74) is -2.20. The summed E-state index contributed by atoms with van der Waals surface area (Å²) in [6, 6.07) is 8.32. The first-order chi connectivity index (χ1) is 26.2. The van der Waals surface area contributed by atoms with Gasteiger partial charge < -0.3 is 9.47 Å². The molecule has 0 unspecified atom stereocenters. The minimum Gasteiger partial charge on any atom is -0.458 e. The van der Waals surface area contributed by atoms with Crippen molar-refractivity contribution >= 4 is 21.7 Å². The molecule has 56 heavy (non-hydrogen) atoms. The molecule has 24 heteroatoms. The third-order valence-electron chi connectivity index (χ3n) is 6.86. The Labute approximate surface area is 316 Å². The zero-order valence-corrected chi connectivity index (χ0v) is 29.8. The van der Waals surface area contributed by atoms with E-state index in [1.807, 2.05) is 0 Å². The first-order valence-corrected chi connectivity index (χ1v) is 15.9. The van der Waals surface area contributed by atoms with E-state index in [-0.39, 0.29) is 41.0 Å². The Hall–Kier alpha value is -5.88. The standard InChI is InChI=1S/C16H11F5N4O.C11H7BrF2N2O.C5H6F3N3O2/c1-25-13(5-14(24-25)16(19,20)21)9-6-22-15(23-7-9)26-8-10-11(17)3-2-4-12(10)18;12-7-4-15-11(16-5-7)17-6-8-9(13)2-1-3-10(8)14;1-10-4(11(12)13)2-3(9-10)5(6,7)8/h2-7H,8H2,1H3;1-5H,6H2;2,12-13H,1H3. The lowest BCUT2D eigenvalue weighted by atomic mass is 10.2. The lowest BCUT2D eigenvalue weighted by molar-refractivity contribution is -0.142. The normalized spacial score (nSPS) is 11.3. The summed E-state index contributed by atoms with van der Waals surface area (Å²) in [5, 5.41) is 22.9. The van der Waals surface area contributed by atoms with Crippen molar-refractivity contribution in [3.05, 3.63) is 124 Å². The Balaban J connectivity index is 0.000000200. The van der Waals surface area contributed by atoms with Crippen molar-refractivity contribution in [2.45, 2.75) is 25.6 Å². The number of ether oxygens (including phenoxy) is 2. The molecule has 0 aliphatic rings. The van der Waals surface area contributed by atoms with E-state index in [1.54, 1.807) is 0 Å². The van der Waals surface area contributed by atoms with Crippen molar-refractivity contribution in [1.29, 1.82) is 0 Å². The van der Waals surface area contributed by atoms with E-state index in [4.69, 9.17) is 19.9 Å². The Morgan fingerprint density at radius 1 is 0.643 bits per heavy atom. The number of halogens is 11. The van der Waals surface area contributed by atoms with Crippen LogP contribution in [0.3, 0.4) is 0 Å². The number of nitrogens with zero attached hydrogens (tertiary/aromatic N) is 9. The molecule has 0 radical (unpaired) electrons. The molecular weight excluding hydrogens is 844 g/mol. The molecule has 4 heterocycles. The van der Waals surface area contributed by atoms with Gasteiger partial charge in [0.15, 0.2) is 17.2 Å². The van der Waals surface area contributed by atoms with Crippen molar-refractivity contribution in [2.24, 2.45) is 14.1 Å². The van der Waals surface area contributed by atoms with E-state index >= 15 is 0 Å². The molecule has 0 spiro atoms. The number of alkyl halides is 6. The highest BCUT2D eigenvalue weighted by Gasteiger charge is 2.36. The molecule has 0 bridgehead atoms. The van der Waals surface area contributed by atoms with Gasteiger partial charge in [0, 0.05) is 50.5 Å². The summed E-state index contributed by atoms with van der Waals surface area (Å²) in [4.78, 5) is 15.3. The van der Waals surface area contributed by atoms with Gasteiger partial charge in [-0.1, -0.05) is 12.1 Å². The molecule has 0 amide bonds. The van der Waals surface area contributed by atoms with Crippen LogP contribution >= 0.6 is 15.9 Å². The molecule has 4 aromatic heterocycles. The van der Waals surface area contributed by atoms with Crippen LogP contribution in [-0.4, -0.2) is 49.9 Å². The fourth-order valence-electron chi connectivity index (χ4n) is 4.17. The molecule has 0 aliphatic heterocycles. The molecule has 0 atom stereocenters. The summed E-state index contributed by atoms with van der Waals surface area (Å²) in [5.74, 6) is -3.30. The van der Waals surface area contributed by atoms with Crippen molar-refractivity contribution in [2.75, 3.05) is 5.23 Å². The fraction of sp³-hybridized carbons (Fsp3) is 0.188. The third-order valence-corrected chi connectivity index (χ3v) is 7.27. The van der Waals surface area contributed by atoms with E-state index in [2.05, 4.69) is 46.1 Å². The van der Waals surface area contributed by atoms with Gasteiger partial charge >= 0.3 is 24.4 Å². The molecule has 6 aromatic rings. The van der Waals surface area contributed by atoms with Gasteiger partial charge in [0.1, 0.15) is 36.5 Å². The van der Waals surface area contributed by atoms with Crippen LogP contribution in [0, 0.1) is 23.3 Å². The molecular formula is C32H24BrF10N9O4. The molecule has 6 rings (SSSR count). The van der Waals surface area contributed by atoms with Gasteiger partial charge in [-0.05, 0) is 46.3 Å². The van der Waals surface area contributed by atoms with Crippen LogP contribution in [0.15, 0.2) is 77.8 Å². The first-order valence-electron chi connectivity index (χ1n) is 15.1. The lowest BCUT2D eigenvalue weighted by Crippen LogP contribution is -2.14. The zero-order valence-electron chi connectivity index (χ0n) is 28.2. The SMILES string of the molecule is Cn1nc(C(F)(F)F)cc1-c1cnc(OCc2c(F)cccc2F)nc1.Cn1nc(C(F)(F)F)cc1N(O)O.Fc1cccc(F)c1COc1ncc(Br)cn1. The maximum atomic E-state index is 13.5. The largest absolute Gasteiger partial charge is 0.458 e. The molecule has 13 nitrogen and oxygen atoms in total. The molecule has 0 fully saturated rings. The second-order valence-corrected chi connectivity index (χ2v) is 11.7. The van der Waals surface area contributed by atoms with Crippen LogP contribution in [0.1, 0.15) is 22.5 Å². The lowest BCUT2D eigenvalue weighted by Gasteiger charge is -2.07. The minimum atomic E-state index is -4.59. The molecule has 2 aromatic carbocycles. The van der Waals surface area contributed by atoms with Gasteiger partial charge in [-0.3, -0.25) is 15.1 Å². The Kier molecular flexibility index (Phi) is 13.9.